The molecule has 0 amide bonds. The molecule has 2 aromatic carbocycles. The van der Waals surface area contributed by atoms with Gasteiger partial charge >= 0.3 is 103 Å². The number of carbonyl (C=O) groups is 2. The van der Waals surface area contributed by atoms with Gasteiger partial charge in [-0.1, -0.05) is 62.4 Å². The van der Waals surface area contributed by atoms with Gasteiger partial charge in [0.25, 0.3) is 0 Å². The zero-order valence-corrected chi connectivity index (χ0v) is 19.7. The summed E-state index contributed by atoms with van der Waals surface area (Å²) in [5.74, 6) is -0.128. The third-order valence-electron chi connectivity index (χ3n) is 2.83. The molecule has 0 fully saturated rings. The zero-order chi connectivity index (χ0) is 13.1. The Hall–Kier alpha value is 1.05. The Morgan fingerprint density at radius 2 is 0.810 bits per heavy atom. The van der Waals surface area contributed by atoms with Gasteiger partial charge < -0.3 is 8.85 Å². The quantitative estimate of drug-likeness (QED) is 0.355. The largest absolute Gasteiger partial charge is 1.00 e. The Morgan fingerprint density at radius 1 is 0.619 bits per heavy atom. The van der Waals surface area contributed by atoms with Gasteiger partial charge in [0.1, 0.15) is 0 Å². The number of benzene rings is 2. The smallest absolute Gasteiger partial charge is 1.00 e. The molecular formula is C17H18K2O2. The Morgan fingerprint density at radius 3 is 1.00 bits per heavy atom. The van der Waals surface area contributed by atoms with Gasteiger partial charge in [-0.2, -0.15) is 0 Å². The molecule has 0 atom stereocenters. The van der Waals surface area contributed by atoms with E-state index >= 15 is 0 Å². The first kappa shape index (κ1) is 24.3. The van der Waals surface area contributed by atoms with Crippen molar-refractivity contribution in [2.75, 3.05) is 0 Å². The van der Waals surface area contributed by atoms with Crippen LogP contribution >= 0.6 is 0 Å². The van der Waals surface area contributed by atoms with Gasteiger partial charge in [-0.3, -0.25) is 9.59 Å². The third-order valence-corrected chi connectivity index (χ3v) is 2.83. The maximum absolute atomic E-state index is 12.1. The van der Waals surface area contributed by atoms with Crippen LogP contribution < -0.4 is 103 Å². The SMILES string of the molecule is CC.O=C1c2ccccc2C(=O)c2ccccc21.[CH3-].[H-].[K+].[K+]. The summed E-state index contributed by atoms with van der Waals surface area (Å²) in [6.07, 6.45) is 0. The van der Waals surface area contributed by atoms with Crippen LogP contribution in [-0.2, 0) is 0 Å². The molecule has 0 aliphatic heterocycles. The fourth-order valence-electron chi connectivity index (χ4n) is 2.05. The van der Waals surface area contributed by atoms with E-state index in [1.165, 1.54) is 0 Å². The molecule has 3 rings (SSSR count). The number of hydrogen-bond acceptors (Lipinski definition) is 2. The number of carbonyl (C=O) groups excluding carboxylic acids is 2. The van der Waals surface area contributed by atoms with Crippen molar-refractivity contribution in [1.29, 1.82) is 0 Å². The topological polar surface area (TPSA) is 34.1 Å². The first-order valence-electron chi connectivity index (χ1n) is 6.06. The van der Waals surface area contributed by atoms with Crippen molar-refractivity contribution in [2.24, 2.45) is 0 Å². The second kappa shape index (κ2) is 11.6. The molecule has 1 aliphatic rings. The van der Waals surface area contributed by atoms with Crippen molar-refractivity contribution in [2.45, 2.75) is 13.8 Å². The van der Waals surface area contributed by atoms with E-state index in [2.05, 4.69) is 0 Å². The number of hydrogen-bond donors (Lipinski definition) is 0. The van der Waals surface area contributed by atoms with E-state index in [1.807, 2.05) is 13.8 Å². The summed E-state index contributed by atoms with van der Waals surface area (Å²) >= 11 is 0. The van der Waals surface area contributed by atoms with E-state index < -0.39 is 0 Å². The van der Waals surface area contributed by atoms with Gasteiger partial charge in [0.2, 0.25) is 0 Å². The van der Waals surface area contributed by atoms with Crippen LogP contribution in [0.4, 0.5) is 0 Å². The summed E-state index contributed by atoms with van der Waals surface area (Å²) in [6.45, 7) is 4.00. The molecule has 21 heavy (non-hydrogen) atoms. The molecule has 2 aromatic rings. The monoisotopic (exact) mass is 332 g/mol. The summed E-state index contributed by atoms with van der Waals surface area (Å²) in [6, 6.07) is 13.9. The van der Waals surface area contributed by atoms with Crippen LogP contribution in [0, 0.1) is 7.43 Å². The van der Waals surface area contributed by atoms with Crippen molar-refractivity contribution < 1.29 is 114 Å². The molecule has 0 bridgehead atoms. The predicted molar refractivity (Wildman–Crippen MR) is 78.6 cm³/mol. The van der Waals surface area contributed by atoms with Crippen LogP contribution in [-0.4, -0.2) is 11.6 Å². The van der Waals surface area contributed by atoms with E-state index in [0.717, 1.165) is 0 Å². The summed E-state index contributed by atoms with van der Waals surface area (Å²) in [7, 11) is 0. The van der Waals surface area contributed by atoms with Crippen molar-refractivity contribution in [3.63, 3.8) is 0 Å². The summed E-state index contributed by atoms with van der Waals surface area (Å²) < 4.78 is 0. The molecule has 0 heterocycles. The van der Waals surface area contributed by atoms with Crippen LogP contribution in [0.1, 0.15) is 47.1 Å². The van der Waals surface area contributed by atoms with Crippen molar-refractivity contribution in [1.82, 2.24) is 0 Å². The first-order valence-corrected chi connectivity index (χ1v) is 6.06. The van der Waals surface area contributed by atoms with E-state index in [-0.39, 0.29) is 123 Å². The van der Waals surface area contributed by atoms with Gasteiger partial charge in [0.15, 0.2) is 11.6 Å². The maximum atomic E-state index is 12.1. The average Bonchev–Trinajstić information content (AvgIpc) is 2.47. The standard InChI is InChI=1S/C14H8O2.C2H6.CH3.2K.H/c15-13-9-5-1-2-6-10(9)14(16)12-8-4-3-7-11(12)13;1-2;;;;/h1-8H;1-2H3;1H3;;;/q;;-1;2*+1;-1. The molecule has 0 saturated carbocycles. The van der Waals surface area contributed by atoms with E-state index in [4.69, 9.17) is 0 Å². The van der Waals surface area contributed by atoms with Crippen molar-refractivity contribution >= 4 is 11.6 Å². The minimum Gasteiger partial charge on any atom is -1.00 e. The second-order valence-corrected chi connectivity index (χ2v) is 3.75. The predicted octanol–water partition coefficient (Wildman–Crippen LogP) is -1.94. The van der Waals surface area contributed by atoms with Gasteiger partial charge in [-0.15, -0.1) is 0 Å². The summed E-state index contributed by atoms with van der Waals surface area (Å²) in [5, 5.41) is 0. The average molecular weight is 333 g/mol. The van der Waals surface area contributed by atoms with E-state index in [9.17, 15) is 9.59 Å². The Balaban J connectivity index is -0.000000579. The molecule has 100 valence electrons. The fourth-order valence-corrected chi connectivity index (χ4v) is 2.05. The first-order chi connectivity index (χ1) is 8.79. The van der Waals surface area contributed by atoms with Gasteiger partial charge in [-0.05, 0) is 0 Å². The maximum Gasteiger partial charge on any atom is 1.00 e. The van der Waals surface area contributed by atoms with Gasteiger partial charge in [0.05, 0.1) is 0 Å². The summed E-state index contributed by atoms with van der Waals surface area (Å²) in [5.41, 5.74) is 2.02. The molecule has 0 saturated heterocycles. The van der Waals surface area contributed by atoms with Crippen LogP contribution in [0.3, 0.4) is 0 Å². The number of rotatable bonds is 0. The molecule has 0 radical (unpaired) electrons. The molecule has 0 unspecified atom stereocenters. The molecule has 2 nitrogen and oxygen atoms in total. The molecule has 0 N–H and O–H groups in total. The Labute approximate surface area is 213 Å². The minimum atomic E-state index is -0.0641. The summed E-state index contributed by atoms with van der Waals surface area (Å²) in [4.78, 5) is 24.2. The molecule has 1 aliphatic carbocycles. The van der Waals surface area contributed by atoms with E-state index in [1.54, 1.807) is 48.5 Å². The van der Waals surface area contributed by atoms with Crippen LogP contribution in [0.5, 0.6) is 0 Å². The van der Waals surface area contributed by atoms with Crippen LogP contribution in [0.25, 0.3) is 0 Å². The van der Waals surface area contributed by atoms with Crippen LogP contribution in [0.2, 0.25) is 0 Å². The van der Waals surface area contributed by atoms with Gasteiger partial charge in [-0.25, -0.2) is 0 Å². The normalized spacial score (nSPS) is 10.4. The fraction of sp³-hybridized carbons (Fsp3) is 0.118. The minimum absolute atomic E-state index is 0. The Bertz CT molecular complexity index is 522. The molecule has 0 aromatic heterocycles. The number of fused-ring (bicyclic) bond motifs is 2. The number of ketones is 2. The van der Waals surface area contributed by atoms with Gasteiger partial charge in [0, 0.05) is 22.3 Å². The molecule has 0 spiro atoms. The Kier molecular flexibility index (Phi) is 13.4. The third kappa shape index (κ3) is 5.01. The zero-order valence-electron chi connectivity index (χ0n) is 14.4. The molecule has 4 heteroatoms. The van der Waals surface area contributed by atoms with E-state index in [0.29, 0.717) is 22.3 Å². The molecular weight excluding hydrogens is 314 g/mol. The van der Waals surface area contributed by atoms with Crippen LogP contribution in [0.15, 0.2) is 48.5 Å². The van der Waals surface area contributed by atoms with Crippen molar-refractivity contribution in [3.05, 3.63) is 78.2 Å². The van der Waals surface area contributed by atoms with Crippen molar-refractivity contribution in [3.8, 4) is 0 Å². The second-order valence-electron chi connectivity index (χ2n) is 3.75.